The average molecular weight is 295 g/mol. The molecule has 106 valence electrons. The molecule has 0 aliphatic heterocycles. The number of anilines is 1. The molecule has 0 fully saturated rings. The van der Waals surface area contributed by atoms with E-state index in [-0.39, 0.29) is 17.2 Å². The van der Waals surface area contributed by atoms with E-state index in [1.807, 2.05) is 13.8 Å². The van der Waals surface area contributed by atoms with Gasteiger partial charge < -0.3 is 4.74 Å². The molecule has 0 radical (unpaired) electrons. The summed E-state index contributed by atoms with van der Waals surface area (Å²) < 4.78 is 18.3. The van der Waals surface area contributed by atoms with Gasteiger partial charge in [-0.25, -0.2) is 4.39 Å². The summed E-state index contributed by atoms with van der Waals surface area (Å²) in [6.45, 7) is 3.98. The minimum Gasteiger partial charge on any atom is -0.494 e. The highest BCUT2D eigenvalue weighted by molar-refractivity contribution is 7.15. The lowest BCUT2D eigenvalue weighted by Crippen LogP contribution is -2.12. The van der Waals surface area contributed by atoms with Crippen molar-refractivity contribution >= 4 is 22.4 Å². The van der Waals surface area contributed by atoms with E-state index >= 15 is 0 Å². The number of carbonyl (C=O) groups excluding carboxylic acids is 1. The second-order valence-electron chi connectivity index (χ2n) is 4.40. The molecule has 1 aromatic heterocycles. The Kier molecular flexibility index (Phi) is 4.29. The van der Waals surface area contributed by atoms with Gasteiger partial charge in [0.1, 0.15) is 5.01 Å². The Labute approximate surface area is 119 Å². The normalized spacial score (nSPS) is 10.7. The van der Waals surface area contributed by atoms with Crippen LogP contribution in [-0.4, -0.2) is 23.2 Å². The van der Waals surface area contributed by atoms with Crippen LogP contribution in [0.5, 0.6) is 5.75 Å². The van der Waals surface area contributed by atoms with E-state index in [4.69, 9.17) is 4.74 Å². The molecule has 0 aliphatic carbocycles. The summed E-state index contributed by atoms with van der Waals surface area (Å²) in [5.41, 5.74) is 0.199. The van der Waals surface area contributed by atoms with E-state index in [0.717, 1.165) is 11.1 Å². The maximum absolute atomic E-state index is 13.5. The molecule has 1 amide bonds. The number of nitrogens with zero attached hydrogens (tertiary/aromatic N) is 2. The fourth-order valence-electron chi connectivity index (χ4n) is 1.50. The highest BCUT2D eigenvalue weighted by atomic mass is 32.1. The van der Waals surface area contributed by atoms with Gasteiger partial charge in [-0.05, 0) is 18.2 Å². The maximum atomic E-state index is 13.5. The monoisotopic (exact) mass is 295 g/mol. The van der Waals surface area contributed by atoms with Crippen molar-refractivity contribution in [3.8, 4) is 5.75 Å². The smallest absolute Gasteiger partial charge is 0.257 e. The van der Waals surface area contributed by atoms with Crippen molar-refractivity contribution in [3.63, 3.8) is 0 Å². The zero-order valence-electron chi connectivity index (χ0n) is 11.3. The zero-order chi connectivity index (χ0) is 14.7. The third kappa shape index (κ3) is 3.11. The number of aromatic nitrogens is 2. The number of nitrogens with one attached hydrogen (secondary N) is 1. The largest absolute Gasteiger partial charge is 0.494 e. The Morgan fingerprint density at radius 3 is 2.70 bits per heavy atom. The van der Waals surface area contributed by atoms with Crippen molar-refractivity contribution in [2.45, 2.75) is 19.8 Å². The van der Waals surface area contributed by atoms with Gasteiger partial charge in [0.25, 0.3) is 5.91 Å². The molecule has 1 N–H and O–H groups in total. The summed E-state index contributed by atoms with van der Waals surface area (Å²) in [6, 6.07) is 4.02. The molecule has 5 nitrogen and oxygen atoms in total. The molecular formula is C13H14FN3O2S. The van der Waals surface area contributed by atoms with Crippen LogP contribution in [0.2, 0.25) is 0 Å². The molecule has 1 heterocycles. The van der Waals surface area contributed by atoms with Crippen molar-refractivity contribution in [1.82, 2.24) is 10.2 Å². The molecule has 1 aromatic carbocycles. The molecule has 2 aromatic rings. The summed E-state index contributed by atoms with van der Waals surface area (Å²) in [7, 11) is 1.37. The Morgan fingerprint density at radius 2 is 2.15 bits per heavy atom. The second kappa shape index (κ2) is 5.96. The Bertz CT molecular complexity index is 628. The third-order valence-electron chi connectivity index (χ3n) is 2.57. The van der Waals surface area contributed by atoms with Crippen molar-refractivity contribution in [2.24, 2.45) is 0 Å². The summed E-state index contributed by atoms with van der Waals surface area (Å²) >= 11 is 1.30. The van der Waals surface area contributed by atoms with Crippen LogP contribution in [-0.2, 0) is 0 Å². The van der Waals surface area contributed by atoms with Crippen molar-refractivity contribution in [1.29, 1.82) is 0 Å². The first kappa shape index (κ1) is 14.4. The molecule has 0 atom stereocenters. The second-order valence-corrected chi connectivity index (χ2v) is 5.41. The van der Waals surface area contributed by atoms with Crippen LogP contribution in [0.1, 0.15) is 35.1 Å². The van der Waals surface area contributed by atoms with Gasteiger partial charge in [0.05, 0.1) is 7.11 Å². The number of carbonyl (C=O) groups is 1. The molecule has 0 saturated carbocycles. The highest BCUT2D eigenvalue weighted by Crippen LogP contribution is 2.23. The van der Waals surface area contributed by atoms with Crippen LogP contribution >= 0.6 is 11.3 Å². The standard InChI is InChI=1S/C13H14FN3O2S/c1-7(2)12-16-17-13(20-12)15-11(18)8-4-5-10(19-3)9(14)6-8/h4-7H,1-3H3,(H,15,17,18). The number of methoxy groups -OCH3 is 1. The highest BCUT2D eigenvalue weighted by Gasteiger charge is 2.13. The number of hydrogen-bond acceptors (Lipinski definition) is 5. The number of hydrogen-bond donors (Lipinski definition) is 1. The van der Waals surface area contributed by atoms with Gasteiger partial charge in [0.15, 0.2) is 11.6 Å². The first-order valence-electron chi connectivity index (χ1n) is 5.99. The van der Waals surface area contributed by atoms with Gasteiger partial charge in [-0.1, -0.05) is 25.2 Å². The fraction of sp³-hybridized carbons (Fsp3) is 0.308. The van der Waals surface area contributed by atoms with Gasteiger partial charge in [0.2, 0.25) is 5.13 Å². The zero-order valence-corrected chi connectivity index (χ0v) is 12.1. The van der Waals surface area contributed by atoms with Gasteiger partial charge in [-0.15, -0.1) is 10.2 Å². The molecule has 7 heteroatoms. The van der Waals surface area contributed by atoms with E-state index in [2.05, 4.69) is 15.5 Å². The van der Waals surface area contributed by atoms with Crippen LogP contribution in [0.25, 0.3) is 0 Å². The molecule has 0 unspecified atom stereocenters. The Morgan fingerprint density at radius 1 is 1.40 bits per heavy atom. The topological polar surface area (TPSA) is 64.1 Å². The maximum Gasteiger partial charge on any atom is 0.257 e. The van der Waals surface area contributed by atoms with Crippen LogP contribution < -0.4 is 10.1 Å². The van der Waals surface area contributed by atoms with Crippen LogP contribution in [0.4, 0.5) is 9.52 Å². The van der Waals surface area contributed by atoms with E-state index in [0.29, 0.717) is 5.13 Å². The van der Waals surface area contributed by atoms with Crippen molar-refractivity contribution < 1.29 is 13.9 Å². The fourth-order valence-corrected chi connectivity index (χ4v) is 2.24. The van der Waals surface area contributed by atoms with Crippen LogP contribution in [0.15, 0.2) is 18.2 Å². The molecule has 0 aliphatic rings. The minimum absolute atomic E-state index is 0.0968. The predicted molar refractivity (Wildman–Crippen MR) is 74.9 cm³/mol. The first-order valence-corrected chi connectivity index (χ1v) is 6.81. The Balaban J connectivity index is 2.13. The predicted octanol–water partition coefficient (Wildman–Crippen LogP) is 3.06. The summed E-state index contributed by atoms with van der Waals surface area (Å²) in [5.74, 6) is -0.672. The van der Waals surface area contributed by atoms with Gasteiger partial charge >= 0.3 is 0 Å². The Hall–Kier alpha value is -2.02. The van der Waals surface area contributed by atoms with E-state index in [1.165, 1.54) is 30.6 Å². The molecule has 0 bridgehead atoms. The summed E-state index contributed by atoms with van der Waals surface area (Å²) in [6.07, 6.45) is 0. The van der Waals surface area contributed by atoms with Crippen molar-refractivity contribution in [2.75, 3.05) is 12.4 Å². The van der Waals surface area contributed by atoms with Gasteiger partial charge in [-0.2, -0.15) is 0 Å². The minimum atomic E-state index is -0.583. The quantitative estimate of drug-likeness (QED) is 0.941. The van der Waals surface area contributed by atoms with E-state index < -0.39 is 11.7 Å². The lowest BCUT2D eigenvalue weighted by atomic mass is 10.2. The first-order chi connectivity index (χ1) is 9.51. The number of amides is 1. The van der Waals surface area contributed by atoms with Gasteiger partial charge in [0, 0.05) is 11.5 Å². The van der Waals surface area contributed by atoms with Gasteiger partial charge in [-0.3, -0.25) is 10.1 Å². The SMILES string of the molecule is COc1ccc(C(=O)Nc2nnc(C(C)C)s2)cc1F. The van der Waals surface area contributed by atoms with Crippen molar-refractivity contribution in [3.05, 3.63) is 34.6 Å². The molecule has 0 spiro atoms. The summed E-state index contributed by atoms with van der Waals surface area (Å²) in [5, 5.41) is 11.7. The average Bonchev–Trinajstić information content (AvgIpc) is 2.87. The molecule has 0 saturated heterocycles. The lowest BCUT2D eigenvalue weighted by molar-refractivity contribution is 0.102. The number of benzene rings is 1. The molecule has 20 heavy (non-hydrogen) atoms. The number of rotatable bonds is 4. The number of halogens is 1. The molecule has 2 rings (SSSR count). The van der Waals surface area contributed by atoms with Crippen LogP contribution in [0.3, 0.4) is 0 Å². The van der Waals surface area contributed by atoms with Crippen LogP contribution in [0, 0.1) is 5.82 Å². The number of ether oxygens (including phenoxy) is 1. The third-order valence-corrected chi connectivity index (χ3v) is 3.71. The summed E-state index contributed by atoms with van der Waals surface area (Å²) in [4.78, 5) is 12.0. The lowest BCUT2D eigenvalue weighted by Gasteiger charge is -2.04. The van der Waals surface area contributed by atoms with E-state index in [9.17, 15) is 9.18 Å². The molecular weight excluding hydrogens is 281 g/mol. The van der Waals surface area contributed by atoms with E-state index in [1.54, 1.807) is 0 Å².